The van der Waals surface area contributed by atoms with Crippen LogP contribution >= 0.6 is 0 Å². The molecule has 3 nitrogen and oxygen atoms in total. The second kappa shape index (κ2) is 6.18. The van der Waals surface area contributed by atoms with E-state index < -0.39 is 6.10 Å². The van der Waals surface area contributed by atoms with E-state index in [1.54, 1.807) is 0 Å². The average Bonchev–Trinajstić information content (AvgIpc) is 3.17. The predicted octanol–water partition coefficient (Wildman–Crippen LogP) is 4.49. The topological polar surface area (TPSA) is 38.8 Å². The van der Waals surface area contributed by atoms with Gasteiger partial charge in [-0.3, -0.25) is 0 Å². The Bertz CT molecular complexity index is 590. The number of carbonyl (C=O) groups excluding carboxylic acids is 1. The first-order chi connectivity index (χ1) is 11.2. The molecule has 24 heavy (non-hydrogen) atoms. The van der Waals surface area contributed by atoms with Crippen LogP contribution in [0.5, 0.6) is 0 Å². The van der Waals surface area contributed by atoms with Crippen LogP contribution in [0.4, 0.5) is 0 Å². The summed E-state index contributed by atoms with van der Waals surface area (Å²) in [4.78, 5) is 12.5. The lowest BCUT2D eigenvalue weighted by molar-refractivity contribution is -0.158. The molecule has 2 fully saturated rings. The fraction of sp³-hybridized carbons (Fsp3) is 0.667. The number of hydrogen-bond acceptors (Lipinski definition) is 3. The van der Waals surface area contributed by atoms with E-state index in [0.717, 1.165) is 12.8 Å². The minimum absolute atomic E-state index is 0.0216. The monoisotopic (exact) mass is 330 g/mol. The summed E-state index contributed by atoms with van der Waals surface area (Å²) in [5.74, 6) is 0.744. The quantitative estimate of drug-likeness (QED) is 0.603. The van der Waals surface area contributed by atoms with Gasteiger partial charge in [-0.2, -0.15) is 0 Å². The van der Waals surface area contributed by atoms with Crippen molar-refractivity contribution in [2.24, 2.45) is 11.8 Å². The molecule has 0 unspecified atom stereocenters. The van der Waals surface area contributed by atoms with E-state index >= 15 is 0 Å². The van der Waals surface area contributed by atoms with E-state index in [1.807, 2.05) is 19.9 Å². The minimum atomic E-state index is -0.393. The lowest BCUT2D eigenvalue weighted by atomic mass is 9.64. The Hall–Kier alpha value is -1.35. The minimum Gasteiger partial charge on any atom is -0.460 e. The third-order valence-corrected chi connectivity index (χ3v) is 5.98. The zero-order valence-electron chi connectivity index (χ0n) is 15.5. The lowest BCUT2D eigenvalue weighted by Crippen LogP contribution is -2.44. The van der Waals surface area contributed by atoms with Crippen LogP contribution in [0.1, 0.15) is 59.4 Å². The largest absolute Gasteiger partial charge is 0.460 e. The van der Waals surface area contributed by atoms with Crippen molar-refractivity contribution in [2.75, 3.05) is 0 Å². The number of rotatable bonds is 4. The Morgan fingerprint density at radius 1 is 1.21 bits per heavy atom. The van der Waals surface area contributed by atoms with E-state index in [2.05, 4.69) is 45.0 Å². The summed E-state index contributed by atoms with van der Waals surface area (Å²) < 4.78 is 11.4. The average molecular weight is 330 g/mol. The van der Waals surface area contributed by atoms with Crippen molar-refractivity contribution in [2.45, 2.75) is 77.1 Å². The van der Waals surface area contributed by atoms with Gasteiger partial charge in [0, 0.05) is 5.92 Å². The molecule has 0 bridgehead atoms. The van der Waals surface area contributed by atoms with Crippen LogP contribution in [-0.2, 0) is 19.7 Å². The van der Waals surface area contributed by atoms with Gasteiger partial charge in [0.25, 0.3) is 0 Å². The highest BCUT2D eigenvalue weighted by molar-refractivity contribution is 5.79. The van der Waals surface area contributed by atoms with Crippen LogP contribution in [0.2, 0.25) is 0 Å². The molecule has 132 valence electrons. The predicted molar refractivity (Wildman–Crippen MR) is 94.8 cm³/mol. The number of carbonyl (C=O) groups is 1. The molecule has 3 rings (SSSR count). The second-order valence-electron chi connectivity index (χ2n) is 8.69. The van der Waals surface area contributed by atoms with Gasteiger partial charge in [-0.25, -0.2) is 4.79 Å². The smallest absolute Gasteiger partial charge is 0.338 e. The molecule has 1 saturated carbocycles. The van der Waals surface area contributed by atoms with E-state index in [9.17, 15) is 4.79 Å². The van der Waals surface area contributed by atoms with E-state index in [1.165, 1.54) is 12.0 Å². The Kier molecular flexibility index (Phi) is 4.50. The van der Waals surface area contributed by atoms with Crippen molar-refractivity contribution in [3.05, 3.63) is 35.9 Å². The molecule has 3 heteroatoms. The van der Waals surface area contributed by atoms with E-state index in [-0.39, 0.29) is 23.1 Å². The molecular formula is C21H30O3. The molecule has 1 aliphatic carbocycles. The van der Waals surface area contributed by atoms with Crippen LogP contribution in [0.25, 0.3) is 0 Å². The SMILES string of the molecule is C[C@@H]1CC[C@@H](C(C)(C)c2ccccc2)[C@H](OC(=O)[C@H]2OC2(C)C)C1. The fourth-order valence-electron chi connectivity index (χ4n) is 4.18. The second-order valence-corrected chi connectivity index (χ2v) is 8.69. The highest BCUT2D eigenvalue weighted by Gasteiger charge is 2.55. The van der Waals surface area contributed by atoms with Gasteiger partial charge in [-0.05, 0) is 43.6 Å². The molecule has 1 saturated heterocycles. The van der Waals surface area contributed by atoms with Crippen LogP contribution in [-0.4, -0.2) is 23.8 Å². The van der Waals surface area contributed by atoms with Crippen molar-refractivity contribution in [3.8, 4) is 0 Å². The third kappa shape index (κ3) is 3.37. The summed E-state index contributed by atoms with van der Waals surface area (Å²) in [6.07, 6.45) is 2.81. The first-order valence-electron chi connectivity index (χ1n) is 9.15. The maximum absolute atomic E-state index is 12.5. The number of ether oxygens (including phenoxy) is 2. The molecule has 0 radical (unpaired) electrons. The van der Waals surface area contributed by atoms with Crippen molar-refractivity contribution in [1.29, 1.82) is 0 Å². The van der Waals surface area contributed by atoms with E-state index in [0.29, 0.717) is 11.8 Å². The van der Waals surface area contributed by atoms with Crippen molar-refractivity contribution in [1.82, 2.24) is 0 Å². The highest BCUT2D eigenvalue weighted by Crippen LogP contribution is 2.44. The number of hydrogen-bond donors (Lipinski definition) is 0. The van der Waals surface area contributed by atoms with Gasteiger partial charge in [0.15, 0.2) is 6.10 Å². The van der Waals surface area contributed by atoms with Crippen molar-refractivity contribution in [3.63, 3.8) is 0 Å². The Balaban J connectivity index is 1.78. The Labute approximate surface area is 145 Å². The van der Waals surface area contributed by atoms with Gasteiger partial charge < -0.3 is 9.47 Å². The van der Waals surface area contributed by atoms with Crippen LogP contribution in [0.3, 0.4) is 0 Å². The van der Waals surface area contributed by atoms with Gasteiger partial charge in [-0.15, -0.1) is 0 Å². The summed E-state index contributed by atoms with van der Waals surface area (Å²) >= 11 is 0. The van der Waals surface area contributed by atoms with Crippen LogP contribution in [0, 0.1) is 11.8 Å². The number of epoxide rings is 1. The van der Waals surface area contributed by atoms with Gasteiger partial charge in [0.1, 0.15) is 11.7 Å². The van der Waals surface area contributed by atoms with E-state index in [4.69, 9.17) is 9.47 Å². The summed E-state index contributed by atoms with van der Waals surface area (Å²) in [5.41, 5.74) is 0.933. The molecule has 1 heterocycles. The molecule has 0 N–H and O–H groups in total. The summed E-state index contributed by atoms with van der Waals surface area (Å²) in [6.45, 7) is 10.7. The molecule has 0 aromatic heterocycles. The molecule has 0 amide bonds. The lowest BCUT2D eigenvalue weighted by Gasteiger charge is -2.44. The molecule has 4 atom stereocenters. The zero-order valence-corrected chi connectivity index (χ0v) is 15.5. The first-order valence-corrected chi connectivity index (χ1v) is 9.15. The fourth-order valence-corrected chi connectivity index (χ4v) is 4.18. The summed E-state index contributed by atoms with van der Waals surface area (Å²) in [5, 5.41) is 0. The first kappa shape index (κ1) is 17.5. The van der Waals surface area contributed by atoms with Gasteiger partial charge in [0.05, 0.1) is 0 Å². The molecular weight excluding hydrogens is 300 g/mol. The molecule has 2 aliphatic rings. The Morgan fingerprint density at radius 2 is 1.83 bits per heavy atom. The van der Waals surface area contributed by atoms with Gasteiger partial charge in [-0.1, -0.05) is 57.5 Å². The van der Waals surface area contributed by atoms with Crippen molar-refractivity contribution >= 4 is 5.97 Å². The maximum atomic E-state index is 12.5. The summed E-state index contributed by atoms with van der Waals surface area (Å²) in [7, 11) is 0. The normalized spacial score (nSPS) is 32.2. The van der Waals surface area contributed by atoms with Crippen LogP contribution in [0.15, 0.2) is 30.3 Å². The third-order valence-electron chi connectivity index (χ3n) is 5.98. The zero-order chi connectivity index (χ0) is 17.5. The molecule has 0 spiro atoms. The number of benzene rings is 1. The maximum Gasteiger partial charge on any atom is 0.338 e. The standard InChI is InChI=1S/C21H30O3/c1-14-11-12-16(20(2,3)15-9-7-6-8-10-15)17(13-14)23-19(22)18-21(4,5)24-18/h6-10,14,16-18H,11-13H2,1-5H3/t14-,16-,17-,18-/m1/s1. The van der Waals surface area contributed by atoms with Crippen molar-refractivity contribution < 1.29 is 14.3 Å². The Morgan fingerprint density at radius 3 is 2.42 bits per heavy atom. The molecule has 1 aliphatic heterocycles. The van der Waals surface area contributed by atoms with Gasteiger partial charge >= 0.3 is 5.97 Å². The van der Waals surface area contributed by atoms with Gasteiger partial charge in [0.2, 0.25) is 0 Å². The molecule has 1 aromatic rings. The number of esters is 1. The molecule has 1 aromatic carbocycles. The van der Waals surface area contributed by atoms with Crippen LogP contribution < -0.4 is 0 Å². The highest BCUT2D eigenvalue weighted by atomic mass is 16.7. The summed E-state index contributed by atoms with van der Waals surface area (Å²) in [6, 6.07) is 10.6.